The molecule has 13 heteroatoms. The van der Waals surface area contributed by atoms with Gasteiger partial charge in [0.1, 0.15) is 0 Å². The first-order chi connectivity index (χ1) is 18.2. The van der Waals surface area contributed by atoms with Gasteiger partial charge in [-0.05, 0) is 64.6 Å². The third-order valence-electron chi connectivity index (χ3n) is 6.47. The first-order valence-corrected chi connectivity index (χ1v) is 12.6. The van der Waals surface area contributed by atoms with Crippen LogP contribution < -0.4 is 0 Å². The maximum atomic E-state index is 14.3. The molecule has 5 rings (SSSR count). The van der Waals surface area contributed by atoms with Gasteiger partial charge in [0, 0.05) is 26.1 Å². The van der Waals surface area contributed by atoms with E-state index in [1.807, 2.05) is 0 Å². The molecule has 0 saturated carbocycles. The van der Waals surface area contributed by atoms with E-state index in [9.17, 15) is 35.9 Å². The van der Waals surface area contributed by atoms with E-state index >= 15 is 0 Å². The van der Waals surface area contributed by atoms with Crippen LogP contribution in [0, 0.1) is 3.57 Å². The zero-order chi connectivity index (χ0) is 28.3. The highest BCUT2D eigenvalue weighted by Gasteiger charge is 2.62. The van der Waals surface area contributed by atoms with Gasteiger partial charge in [0.2, 0.25) is 0 Å². The lowest BCUT2D eigenvalue weighted by atomic mass is 9.85. The topological polar surface area (TPSA) is 59.0 Å². The van der Waals surface area contributed by atoms with Crippen LogP contribution in [0.4, 0.5) is 26.3 Å². The van der Waals surface area contributed by atoms with Crippen LogP contribution in [0.5, 0.6) is 0 Å². The Balaban J connectivity index is 1.42. The van der Waals surface area contributed by atoms with Crippen LogP contribution in [-0.2, 0) is 23.2 Å². The van der Waals surface area contributed by atoms with E-state index in [1.165, 1.54) is 52.9 Å². The summed E-state index contributed by atoms with van der Waals surface area (Å²) in [6, 6.07) is 12.5. The SMILES string of the molecule is O=C1c2ccccc2C(=O)N1Cc1ccc(C2=NOC(c3cc(I)cc(C(F)(F)F)c3)(C(F)(F)F)C2)cc1Cl. The molecule has 1 atom stereocenters. The number of carbonyl (C=O) groups excluding carboxylic acids is 2. The number of halogens is 8. The van der Waals surface area contributed by atoms with Crippen LogP contribution in [0.3, 0.4) is 0 Å². The molecule has 2 aliphatic rings. The molecule has 2 heterocycles. The highest BCUT2D eigenvalue weighted by molar-refractivity contribution is 14.1. The lowest BCUT2D eigenvalue weighted by Gasteiger charge is -2.30. The molecule has 0 aromatic heterocycles. The van der Waals surface area contributed by atoms with Gasteiger partial charge in [-0.2, -0.15) is 26.3 Å². The van der Waals surface area contributed by atoms with Crippen molar-refractivity contribution in [2.45, 2.75) is 30.9 Å². The van der Waals surface area contributed by atoms with Crippen molar-refractivity contribution in [2.24, 2.45) is 5.16 Å². The number of oxime groups is 1. The van der Waals surface area contributed by atoms with Crippen molar-refractivity contribution in [3.05, 3.63) is 103 Å². The minimum absolute atomic E-state index is 0.0462. The van der Waals surface area contributed by atoms with Crippen LogP contribution in [0.2, 0.25) is 5.02 Å². The standard InChI is InChI=1S/C26H14ClF6IN2O3/c27-20-7-13(5-6-14(20)12-36-22(37)18-3-1-2-4-19(18)23(36)38)21-11-24(39-35-21,26(31,32)33)15-8-16(25(28,29)30)10-17(34)9-15/h1-10H,11-12H2. The largest absolute Gasteiger partial charge is 0.435 e. The fraction of sp³-hybridized carbons (Fsp3) is 0.192. The van der Waals surface area contributed by atoms with Gasteiger partial charge in [-0.1, -0.05) is 41.0 Å². The number of rotatable bonds is 4. The summed E-state index contributed by atoms with van der Waals surface area (Å²) < 4.78 is 82.9. The summed E-state index contributed by atoms with van der Waals surface area (Å²) in [5.74, 6) is -1.01. The Labute approximate surface area is 235 Å². The van der Waals surface area contributed by atoms with Crippen LogP contribution in [0.1, 0.15) is 49.4 Å². The van der Waals surface area contributed by atoms with Gasteiger partial charge < -0.3 is 4.84 Å². The number of amides is 2. The van der Waals surface area contributed by atoms with E-state index in [1.54, 1.807) is 12.1 Å². The number of imide groups is 1. The molecule has 3 aromatic rings. The van der Waals surface area contributed by atoms with Crippen molar-refractivity contribution in [2.75, 3.05) is 0 Å². The molecule has 0 aliphatic carbocycles. The summed E-state index contributed by atoms with van der Waals surface area (Å²) in [6.07, 6.45) is -10.9. The van der Waals surface area contributed by atoms with Crippen molar-refractivity contribution in [1.29, 1.82) is 0 Å². The maximum absolute atomic E-state index is 14.3. The lowest BCUT2D eigenvalue weighted by Crippen LogP contribution is -2.43. The molecule has 0 N–H and O–H groups in total. The summed E-state index contributed by atoms with van der Waals surface area (Å²) >= 11 is 7.88. The molecule has 0 saturated heterocycles. The van der Waals surface area contributed by atoms with E-state index in [0.717, 1.165) is 17.0 Å². The summed E-state index contributed by atoms with van der Waals surface area (Å²) in [4.78, 5) is 31.2. The summed E-state index contributed by atoms with van der Waals surface area (Å²) in [5.41, 5.74) is -4.32. The van der Waals surface area contributed by atoms with Crippen LogP contribution in [0.25, 0.3) is 0 Å². The van der Waals surface area contributed by atoms with E-state index in [0.29, 0.717) is 11.6 Å². The van der Waals surface area contributed by atoms with Crippen molar-refractivity contribution in [1.82, 2.24) is 4.90 Å². The van der Waals surface area contributed by atoms with E-state index in [2.05, 4.69) is 5.16 Å². The van der Waals surface area contributed by atoms with Crippen molar-refractivity contribution < 1.29 is 40.8 Å². The summed E-state index contributed by atoms with van der Waals surface area (Å²) in [6.45, 7) is -0.177. The van der Waals surface area contributed by atoms with Crippen molar-refractivity contribution >= 4 is 51.7 Å². The third kappa shape index (κ3) is 4.77. The fourth-order valence-electron chi connectivity index (χ4n) is 4.45. The Hall–Kier alpha value is -3.13. The summed E-state index contributed by atoms with van der Waals surface area (Å²) in [7, 11) is 0. The Morgan fingerprint density at radius 1 is 0.949 bits per heavy atom. The quantitative estimate of drug-likeness (QED) is 0.165. The molecule has 5 nitrogen and oxygen atoms in total. The van der Waals surface area contributed by atoms with Gasteiger partial charge in [0.15, 0.2) is 0 Å². The number of nitrogens with zero attached hydrogens (tertiary/aromatic N) is 2. The highest BCUT2D eigenvalue weighted by atomic mass is 127. The Morgan fingerprint density at radius 3 is 2.15 bits per heavy atom. The number of alkyl halides is 6. The summed E-state index contributed by atoms with van der Waals surface area (Å²) in [5, 5.41) is 3.63. The Morgan fingerprint density at radius 2 is 1.59 bits per heavy atom. The van der Waals surface area contributed by atoms with Crippen LogP contribution in [-0.4, -0.2) is 28.6 Å². The molecule has 39 heavy (non-hydrogen) atoms. The predicted molar refractivity (Wildman–Crippen MR) is 136 cm³/mol. The minimum Gasteiger partial charge on any atom is -0.374 e. The van der Waals surface area contributed by atoms with Gasteiger partial charge in [-0.25, -0.2) is 0 Å². The number of benzene rings is 3. The molecule has 0 spiro atoms. The zero-order valence-corrected chi connectivity index (χ0v) is 22.2. The van der Waals surface area contributed by atoms with Gasteiger partial charge >= 0.3 is 12.4 Å². The Bertz CT molecular complexity index is 1520. The highest BCUT2D eigenvalue weighted by Crippen LogP contribution is 2.50. The van der Waals surface area contributed by atoms with Crippen LogP contribution >= 0.6 is 34.2 Å². The first kappa shape index (κ1) is 27.4. The van der Waals surface area contributed by atoms with Gasteiger partial charge in [-0.15, -0.1) is 0 Å². The molecule has 0 bridgehead atoms. The van der Waals surface area contributed by atoms with Crippen molar-refractivity contribution in [3.8, 4) is 0 Å². The van der Waals surface area contributed by atoms with Gasteiger partial charge in [0.25, 0.3) is 17.4 Å². The molecule has 202 valence electrons. The number of carbonyl (C=O) groups is 2. The van der Waals surface area contributed by atoms with E-state index in [4.69, 9.17) is 16.4 Å². The second-order valence-electron chi connectivity index (χ2n) is 8.91. The van der Waals surface area contributed by atoms with E-state index < -0.39 is 47.3 Å². The first-order valence-electron chi connectivity index (χ1n) is 11.2. The second-order valence-corrected chi connectivity index (χ2v) is 10.6. The van der Waals surface area contributed by atoms with Gasteiger partial charge in [0.05, 0.1) is 28.9 Å². The molecule has 1 unspecified atom stereocenters. The molecular weight excluding hydrogens is 665 g/mol. The van der Waals surface area contributed by atoms with Gasteiger partial charge in [-0.3, -0.25) is 14.5 Å². The molecule has 0 fully saturated rings. The normalized spacial score (nSPS) is 19.3. The predicted octanol–water partition coefficient (Wildman–Crippen LogP) is 7.34. The molecule has 2 amide bonds. The maximum Gasteiger partial charge on any atom is 0.435 e. The molecule has 3 aromatic carbocycles. The number of hydrogen-bond donors (Lipinski definition) is 0. The third-order valence-corrected chi connectivity index (χ3v) is 7.44. The average Bonchev–Trinajstić information content (AvgIpc) is 3.42. The van der Waals surface area contributed by atoms with Crippen molar-refractivity contribution in [3.63, 3.8) is 0 Å². The zero-order valence-electron chi connectivity index (χ0n) is 19.3. The van der Waals surface area contributed by atoms with E-state index in [-0.39, 0.29) is 37.5 Å². The molecular formula is C26H14ClF6IN2O3. The molecule has 2 aliphatic heterocycles. The monoisotopic (exact) mass is 678 g/mol. The second kappa shape index (κ2) is 9.51. The van der Waals surface area contributed by atoms with Crippen LogP contribution in [0.15, 0.2) is 65.8 Å². The smallest absolute Gasteiger partial charge is 0.374 e. The Kier molecular flexibility index (Phi) is 6.69. The number of fused-ring (bicyclic) bond motifs is 1. The average molecular weight is 679 g/mol. The number of hydrogen-bond acceptors (Lipinski definition) is 4. The molecule has 0 radical (unpaired) electrons. The lowest BCUT2D eigenvalue weighted by molar-refractivity contribution is -0.276. The fourth-order valence-corrected chi connectivity index (χ4v) is 5.36. The minimum atomic E-state index is -5.11.